The van der Waals surface area contributed by atoms with Gasteiger partial charge in [0.25, 0.3) is 0 Å². The first kappa shape index (κ1) is 16.8. The van der Waals surface area contributed by atoms with E-state index in [2.05, 4.69) is 36.6 Å². The SMILES string of the molecule is C=CCN1CCC23CC(=O)CCC2(CC)C1Cc1cccc(OC)c13. The molecule has 3 atom stereocenters. The number of ether oxygens (including phenoxy) is 1. The smallest absolute Gasteiger partial charge is 0.133 e. The van der Waals surface area contributed by atoms with Gasteiger partial charge in [-0.3, -0.25) is 9.69 Å². The van der Waals surface area contributed by atoms with Gasteiger partial charge in [-0.1, -0.05) is 25.1 Å². The Morgan fingerprint density at radius 1 is 1.40 bits per heavy atom. The molecule has 1 aromatic carbocycles. The lowest BCUT2D eigenvalue weighted by Gasteiger charge is -2.66. The Kier molecular flexibility index (Phi) is 4.03. The number of carbonyl (C=O) groups excluding carboxylic acids is 1. The van der Waals surface area contributed by atoms with E-state index in [1.54, 1.807) is 7.11 Å². The molecule has 0 radical (unpaired) electrons. The molecule has 1 aliphatic heterocycles. The van der Waals surface area contributed by atoms with E-state index in [9.17, 15) is 4.79 Å². The van der Waals surface area contributed by atoms with Gasteiger partial charge in [-0.05, 0) is 49.3 Å². The number of fused-ring (bicyclic) bond motifs is 1. The van der Waals surface area contributed by atoms with E-state index >= 15 is 0 Å². The number of Topliss-reactive ketones (excluding diaryl/α,β-unsaturated/α-hetero) is 1. The largest absolute Gasteiger partial charge is 0.496 e. The van der Waals surface area contributed by atoms with E-state index in [4.69, 9.17) is 4.74 Å². The second-order valence-electron chi connectivity index (χ2n) is 8.06. The maximum absolute atomic E-state index is 12.6. The average molecular weight is 339 g/mol. The summed E-state index contributed by atoms with van der Waals surface area (Å²) < 4.78 is 5.81. The van der Waals surface area contributed by atoms with Gasteiger partial charge in [0, 0.05) is 36.4 Å². The highest BCUT2D eigenvalue weighted by atomic mass is 16.5. The zero-order valence-corrected chi connectivity index (χ0v) is 15.5. The van der Waals surface area contributed by atoms with Crippen molar-refractivity contribution < 1.29 is 9.53 Å². The molecule has 0 spiro atoms. The molecule has 3 nitrogen and oxygen atoms in total. The third kappa shape index (κ3) is 2.11. The van der Waals surface area contributed by atoms with Crippen molar-refractivity contribution in [3.63, 3.8) is 0 Å². The van der Waals surface area contributed by atoms with Crippen LogP contribution in [0.4, 0.5) is 0 Å². The quantitative estimate of drug-likeness (QED) is 0.779. The van der Waals surface area contributed by atoms with Gasteiger partial charge in [0.15, 0.2) is 0 Å². The van der Waals surface area contributed by atoms with Gasteiger partial charge in [0.2, 0.25) is 0 Å². The Labute approximate surface area is 151 Å². The van der Waals surface area contributed by atoms with Gasteiger partial charge in [0.05, 0.1) is 7.11 Å². The van der Waals surface area contributed by atoms with Crippen LogP contribution in [0, 0.1) is 5.41 Å². The van der Waals surface area contributed by atoms with Gasteiger partial charge in [0.1, 0.15) is 11.5 Å². The predicted octanol–water partition coefficient (Wildman–Crippen LogP) is 3.90. The fraction of sp³-hybridized carbons (Fsp3) is 0.591. The summed E-state index contributed by atoms with van der Waals surface area (Å²) in [5.41, 5.74) is 2.85. The summed E-state index contributed by atoms with van der Waals surface area (Å²) in [4.78, 5) is 15.2. The standard InChI is InChI=1S/C22H29NO2/c1-4-12-23-13-11-22-15-17(24)9-10-21(22,5-2)19(23)14-16-7-6-8-18(25-3)20(16)22/h4,6-8,19H,1,5,9-15H2,2-3H3. The summed E-state index contributed by atoms with van der Waals surface area (Å²) in [7, 11) is 1.77. The minimum atomic E-state index is -0.0559. The van der Waals surface area contributed by atoms with E-state index in [0.29, 0.717) is 18.2 Å². The molecule has 1 saturated carbocycles. The number of piperidine rings is 1. The van der Waals surface area contributed by atoms with Gasteiger partial charge in [-0.15, -0.1) is 6.58 Å². The predicted molar refractivity (Wildman–Crippen MR) is 100 cm³/mol. The normalized spacial score (nSPS) is 34.2. The summed E-state index contributed by atoms with van der Waals surface area (Å²) in [6.07, 6.45) is 7.69. The van der Waals surface area contributed by atoms with Gasteiger partial charge in [-0.25, -0.2) is 0 Å². The maximum Gasteiger partial charge on any atom is 0.133 e. The zero-order valence-electron chi connectivity index (χ0n) is 15.5. The van der Waals surface area contributed by atoms with Crippen LogP contribution in [-0.2, 0) is 16.6 Å². The van der Waals surface area contributed by atoms with Crippen LogP contribution >= 0.6 is 0 Å². The minimum Gasteiger partial charge on any atom is -0.496 e. The number of methoxy groups -OCH3 is 1. The molecule has 2 fully saturated rings. The first-order chi connectivity index (χ1) is 12.1. The lowest BCUT2D eigenvalue weighted by Crippen LogP contribution is -2.68. The summed E-state index contributed by atoms with van der Waals surface area (Å²) in [6, 6.07) is 6.94. The lowest BCUT2D eigenvalue weighted by atomic mass is 9.43. The molecule has 134 valence electrons. The Hall–Kier alpha value is -1.61. The highest BCUT2D eigenvalue weighted by Crippen LogP contribution is 2.65. The molecule has 3 unspecified atom stereocenters. The molecule has 1 heterocycles. The number of carbonyl (C=O) groups is 1. The van der Waals surface area contributed by atoms with Crippen LogP contribution in [0.15, 0.2) is 30.9 Å². The molecule has 0 N–H and O–H groups in total. The summed E-state index contributed by atoms with van der Waals surface area (Å²) in [6.45, 7) is 8.29. The van der Waals surface area contributed by atoms with E-state index < -0.39 is 0 Å². The van der Waals surface area contributed by atoms with Crippen molar-refractivity contribution in [2.24, 2.45) is 5.41 Å². The van der Waals surface area contributed by atoms with E-state index in [-0.39, 0.29) is 10.8 Å². The number of hydrogen-bond donors (Lipinski definition) is 0. The zero-order chi connectivity index (χ0) is 17.7. The topological polar surface area (TPSA) is 29.5 Å². The van der Waals surface area contributed by atoms with Crippen molar-refractivity contribution in [1.82, 2.24) is 4.90 Å². The number of ketones is 1. The second-order valence-corrected chi connectivity index (χ2v) is 8.06. The molecule has 1 saturated heterocycles. The van der Waals surface area contributed by atoms with Crippen molar-refractivity contribution in [3.05, 3.63) is 42.0 Å². The number of nitrogens with zero attached hydrogens (tertiary/aromatic N) is 1. The fourth-order valence-corrected chi connectivity index (χ4v) is 6.46. The molecule has 3 aliphatic rings. The highest BCUT2D eigenvalue weighted by Gasteiger charge is 2.64. The van der Waals surface area contributed by atoms with Crippen molar-refractivity contribution in [2.75, 3.05) is 20.2 Å². The van der Waals surface area contributed by atoms with Crippen LogP contribution in [0.3, 0.4) is 0 Å². The van der Waals surface area contributed by atoms with Gasteiger partial charge < -0.3 is 4.74 Å². The summed E-state index contributed by atoms with van der Waals surface area (Å²) in [5, 5.41) is 0. The van der Waals surface area contributed by atoms with E-state index in [1.165, 1.54) is 11.1 Å². The van der Waals surface area contributed by atoms with Crippen LogP contribution in [0.2, 0.25) is 0 Å². The molecule has 0 aromatic heterocycles. The fourth-order valence-electron chi connectivity index (χ4n) is 6.46. The highest BCUT2D eigenvalue weighted by molar-refractivity contribution is 5.82. The van der Waals surface area contributed by atoms with E-state index in [1.807, 2.05) is 6.08 Å². The third-order valence-electron chi connectivity index (χ3n) is 7.43. The van der Waals surface area contributed by atoms with Crippen LogP contribution < -0.4 is 4.74 Å². The molecule has 1 aromatic rings. The Balaban J connectivity index is 1.97. The van der Waals surface area contributed by atoms with Gasteiger partial charge in [-0.2, -0.15) is 0 Å². The molecule has 2 aliphatic carbocycles. The minimum absolute atomic E-state index is 0.0559. The Morgan fingerprint density at radius 2 is 2.24 bits per heavy atom. The lowest BCUT2D eigenvalue weighted by molar-refractivity contribution is -0.139. The summed E-state index contributed by atoms with van der Waals surface area (Å²) in [5.74, 6) is 1.42. The maximum atomic E-state index is 12.6. The monoisotopic (exact) mass is 339 g/mol. The van der Waals surface area contributed by atoms with Crippen LogP contribution in [0.25, 0.3) is 0 Å². The summed E-state index contributed by atoms with van der Waals surface area (Å²) >= 11 is 0. The molecular formula is C22H29NO2. The van der Waals surface area contributed by atoms with Gasteiger partial charge >= 0.3 is 0 Å². The van der Waals surface area contributed by atoms with Crippen LogP contribution in [0.1, 0.15) is 50.2 Å². The molecule has 3 heteroatoms. The average Bonchev–Trinajstić information content (AvgIpc) is 2.63. The first-order valence-electron chi connectivity index (χ1n) is 9.65. The van der Waals surface area contributed by atoms with Crippen molar-refractivity contribution in [1.29, 1.82) is 0 Å². The third-order valence-corrected chi connectivity index (χ3v) is 7.43. The molecule has 25 heavy (non-hydrogen) atoms. The second kappa shape index (κ2) is 5.98. The number of benzene rings is 1. The Bertz CT molecular complexity index is 712. The number of hydrogen-bond acceptors (Lipinski definition) is 3. The van der Waals surface area contributed by atoms with Crippen molar-refractivity contribution >= 4 is 5.78 Å². The molecule has 2 bridgehead atoms. The van der Waals surface area contributed by atoms with Crippen molar-refractivity contribution in [2.45, 2.75) is 56.9 Å². The number of likely N-dealkylation sites (tertiary alicyclic amines) is 1. The number of rotatable bonds is 4. The Morgan fingerprint density at radius 3 is 2.96 bits per heavy atom. The molecular weight excluding hydrogens is 310 g/mol. The van der Waals surface area contributed by atoms with Crippen LogP contribution in [-0.4, -0.2) is 36.9 Å². The van der Waals surface area contributed by atoms with E-state index in [0.717, 1.165) is 50.9 Å². The molecule has 0 amide bonds. The first-order valence-corrected chi connectivity index (χ1v) is 9.65. The molecule has 4 rings (SSSR count). The van der Waals surface area contributed by atoms with Crippen LogP contribution in [0.5, 0.6) is 5.75 Å². The van der Waals surface area contributed by atoms with Crippen molar-refractivity contribution in [3.8, 4) is 5.75 Å².